The summed E-state index contributed by atoms with van der Waals surface area (Å²) >= 11 is 0. The van der Waals surface area contributed by atoms with Crippen LogP contribution in [0.2, 0.25) is 0 Å². The second kappa shape index (κ2) is 12.5. The van der Waals surface area contributed by atoms with E-state index in [1.54, 1.807) is 0 Å². The summed E-state index contributed by atoms with van der Waals surface area (Å²) < 4.78 is 0. The average molecular weight is 569 g/mol. The quantitative estimate of drug-likeness (QED) is 0.177. The number of aryl methyl sites for hydroxylation is 4. The van der Waals surface area contributed by atoms with Gasteiger partial charge >= 0.3 is 23.9 Å². The molecule has 8 nitrogen and oxygen atoms in total. The fourth-order valence-corrected chi connectivity index (χ4v) is 5.21. The molecule has 4 aromatic carbocycles. The van der Waals surface area contributed by atoms with E-state index in [1.165, 1.54) is 24.3 Å². The molecule has 0 saturated heterocycles. The monoisotopic (exact) mass is 568 g/mol. The Morgan fingerprint density at radius 1 is 0.381 bits per heavy atom. The molecule has 0 heterocycles. The number of aromatic carboxylic acids is 4. The molecule has 4 aromatic rings. The number of carbonyl (C=O) groups is 4. The molecule has 4 N–H and O–H groups in total. The molecule has 4 rings (SSSR count). The number of rotatable bonds is 7. The van der Waals surface area contributed by atoms with Gasteiger partial charge in [0, 0.05) is 0 Å². The second-order valence-electron chi connectivity index (χ2n) is 9.79. The Morgan fingerprint density at radius 3 is 0.786 bits per heavy atom. The van der Waals surface area contributed by atoms with E-state index in [-0.39, 0.29) is 22.3 Å². The van der Waals surface area contributed by atoms with E-state index >= 15 is 0 Å². The van der Waals surface area contributed by atoms with Crippen LogP contribution in [0.5, 0.6) is 0 Å². The van der Waals surface area contributed by atoms with Crippen molar-refractivity contribution < 1.29 is 39.6 Å². The van der Waals surface area contributed by atoms with Gasteiger partial charge in [-0.25, -0.2) is 19.2 Å². The van der Waals surface area contributed by atoms with Crippen molar-refractivity contribution in [3.63, 3.8) is 0 Å². The van der Waals surface area contributed by atoms with Crippen molar-refractivity contribution in [3.05, 3.63) is 105 Å². The summed E-state index contributed by atoms with van der Waals surface area (Å²) in [6, 6.07) is 15.9. The smallest absolute Gasteiger partial charge is 0.335 e. The van der Waals surface area contributed by atoms with Crippen LogP contribution in [0.1, 0.15) is 77.5 Å². The van der Waals surface area contributed by atoms with Crippen LogP contribution in [-0.4, -0.2) is 44.3 Å². The lowest BCUT2D eigenvalue weighted by molar-refractivity contribution is 0.0676. The Morgan fingerprint density at radius 2 is 0.595 bits per heavy atom. The largest absolute Gasteiger partial charge is 0.478 e. The van der Waals surface area contributed by atoms with Crippen LogP contribution in [0.3, 0.4) is 0 Å². The highest BCUT2D eigenvalue weighted by Gasteiger charge is 2.18. The van der Waals surface area contributed by atoms with Gasteiger partial charge in [-0.15, -0.1) is 0 Å². The molecule has 0 unspecified atom stereocenters. The maximum absolute atomic E-state index is 11.6. The van der Waals surface area contributed by atoms with E-state index < -0.39 is 23.9 Å². The van der Waals surface area contributed by atoms with Gasteiger partial charge in [0.1, 0.15) is 0 Å². The van der Waals surface area contributed by atoms with Crippen LogP contribution in [0.4, 0.5) is 0 Å². The van der Waals surface area contributed by atoms with Gasteiger partial charge in [-0.3, -0.25) is 0 Å². The van der Waals surface area contributed by atoms with Gasteiger partial charge in [-0.05, 0) is 120 Å². The van der Waals surface area contributed by atoms with Gasteiger partial charge in [0.2, 0.25) is 0 Å². The summed E-state index contributed by atoms with van der Waals surface area (Å²) in [6.07, 6.45) is 0. The maximum atomic E-state index is 11.6. The van der Waals surface area contributed by atoms with Crippen LogP contribution in [-0.2, 0) is 0 Å². The fraction of sp³-hybridized carbons (Fsp3) is 0.176. The van der Waals surface area contributed by atoms with Crippen LogP contribution in [0.15, 0.2) is 60.7 Å². The predicted molar refractivity (Wildman–Crippen MR) is 161 cm³/mol. The molecule has 0 aliphatic carbocycles. The van der Waals surface area contributed by atoms with Crippen molar-refractivity contribution in [2.75, 3.05) is 0 Å². The van der Waals surface area contributed by atoms with Gasteiger partial charge in [0.25, 0.3) is 0 Å². The van der Waals surface area contributed by atoms with Crippen molar-refractivity contribution in [2.24, 2.45) is 0 Å². The van der Waals surface area contributed by atoms with E-state index in [0.29, 0.717) is 11.1 Å². The molecule has 0 radical (unpaired) electrons. The zero-order valence-electron chi connectivity index (χ0n) is 24.2. The molecular formula is C34H32O8. The Kier molecular flexibility index (Phi) is 9.32. The molecule has 0 aliphatic rings. The number of benzene rings is 4. The highest BCUT2D eigenvalue weighted by Crippen LogP contribution is 2.37. The van der Waals surface area contributed by atoms with Crippen LogP contribution in [0, 0.1) is 27.7 Å². The highest BCUT2D eigenvalue weighted by molar-refractivity contribution is 5.98. The third-order valence-corrected chi connectivity index (χ3v) is 6.83. The molecule has 216 valence electrons. The maximum Gasteiger partial charge on any atom is 0.335 e. The predicted octanol–water partition coefficient (Wildman–Crippen LogP) is 7.74. The number of carboxylic acid groups (broad SMARTS) is 4. The number of carboxylic acids is 4. The molecule has 0 spiro atoms. The first-order chi connectivity index (χ1) is 19.8. The van der Waals surface area contributed by atoms with E-state index in [0.717, 1.165) is 56.6 Å². The van der Waals surface area contributed by atoms with Crippen LogP contribution >= 0.6 is 0 Å². The Bertz CT molecular complexity index is 1510. The van der Waals surface area contributed by atoms with Gasteiger partial charge in [0.05, 0.1) is 22.3 Å². The lowest BCUT2D eigenvalue weighted by Gasteiger charge is -2.17. The van der Waals surface area contributed by atoms with Gasteiger partial charge in [-0.2, -0.15) is 0 Å². The normalized spacial score (nSPS) is 10.4. The van der Waals surface area contributed by atoms with Crippen molar-refractivity contribution in [1.82, 2.24) is 0 Å². The zero-order chi connectivity index (χ0) is 31.5. The minimum atomic E-state index is -1.22. The third kappa shape index (κ3) is 6.39. The Hall–Kier alpha value is -5.24. The minimum absolute atomic E-state index is 0.113. The average Bonchev–Trinajstić information content (AvgIpc) is 2.92. The van der Waals surface area contributed by atoms with E-state index in [4.69, 9.17) is 0 Å². The minimum Gasteiger partial charge on any atom is -0.478 e. The second-order valence-corrected chi connectivity index (χ2v) is 9.79. The summed E-state index contributed by atoms with van der Waals surface area (Å²) in [5.41, 5.74) is 7.10. The first-order valence-electron chi connectivity index (χ1n) is 13.2. The molecule has 8 heteroatoms. The standard InChI is InChI=1S/C32H26O8.C2H6/c1-15-5-19(6-16(2)27(15)21-9-23(29(33)34)13-24(10-21)30(35)36)20-7-17(3)28(18(4)8-20)22-11-25(31(37)38)14-26(12-22)32(39)40;1-2/h5-14H,1-4H3,(H,33,34)(H,35,36)(H,37,38)(H,39,40);1-2H3. The topological polar surface area (TPSA) is 149 Å². The summed E-state index contributed by atoms with van der Waals surface area (Å²) in [6.45, 7) is 11.5. The van der Waals surface area contributed by atoms with Crippen molar-refractivity contribution in [3.8, 4) is 33.4 Å². The van der Waals surface area contributed by atoms with E-state index in [9.17, 15) is 39.6 Å². The number of hydrogen-bond donors (Lipinski definition) is 4. The zero-order valence-corrected chi connectivity index (χ0v) is 24.2. The molecule has 0 fully saturated rings. The summed E-state index contributed by atoms with van der Waals surface area (Å²) in [7, 11) is 0. The lowest BCUT2D eigenvalue weighted by atomic mass is 9.87. The van der Waals surface area contributed by atoms with E-state index in [1.807, 2.05) is 65.8 Å². The van der Waals surface area contributed by atoms with Crippen LogP contribution in [0.25, 0.3) is 33.4 Å². The summed E-state index contributed by atoms with van der Waals surface area (Å²) in [5, 5.41) is 37.9. The van der Waals surface area contributed by atoms with Gasteiger partial charge in [0.15, 0.2) is 0 Å². The van der Waals surface area contributed by atoms with Crippen LogP contribution < -0.4 is 0 Å². The molecule has 0 atom stereocenters. The Labute approximate surface area is 243 Å². The first kappa shape index (κ1) is 31.3. The molecule has 0 amide bonds. The molecule has 0 aliphatic heterocycles. The fourth-order valence-electron chi connectivity index (χ4n) is 5.21. The summed E-state index contributed by atoms with van der Waals surface area (Å²) in [5.74, 6) is -4.86. The third-order valence-electron chi connectivity index (χ3n) is 6.83. The number of hydrogen-bond acceptors (Lipinski definition) is 4. The SMILES string of the molecule is CC.Cc1cc(-c2cc(C)c(-c3cc(C(=O)O)cc(C(=O)O)c3)c(C)c2)cc(C)c1-c1cc(C(=O)O)cc(C(=O)O)c1. The molecule has 0 bridgehead atoms. The first-order valence-corrected chi connectivity index (χ1v) is 13.2. The molecule has 0 aromatic heterocycles. The van der Waals surface area contributed by atoms with E-state index in [2.05, 4.69) is 0 Å². The molecular weight excluding hydrogens is 536 g/mol. The van der Waals surface area contributed by atoms with Gasteiger partial charge < -0.3 is 20.4 Å². The highest BCUT2D eigenvalue weighted by atomic mass is 16.4. The molecule has 0 saturated carbocycles. The van der Waals surface area contributed by atoms with Crippen molar-refractivity contribution in [2.45, 2.75) is 41.5 Å². The van der Waals surface area contributed by atoms with Gasteiger partial charge in [-0.1, -0.05) is 38.1 Å². The summed E-state index contributed by atoms with van der Waals surface area (Å²) in [4.78, 5) is 46.5. The van der Waals surface area contributed by atoms with Crippen molar-refractivity contribution in [1.29, 1.82) is 0 Å². The molecule has 42 heavy (non-hydrogen) atoms. The Balaban J connectivity index is 0.00000237. The van der Waals surface area contributed by atoms with Crippen molar-refractivity contribution >= 4 is 23.9 Å². The lowest BCUT2D eigenvalue weighted by Crippen LogP contribution is -2.04.